The van der Waals surface area contributed by atoms with E-state index in [-0.39, 0.29) is 11.8 Å². The van der Waals surface area contributed by atoms with E-state index in [0.29, 0.717) is 12.5 Å². The van der Waals surface area contributed by atoms with Crippen molar-refractivity contribution < 1.29 is 8.42 Å². The average molecular weight is 262 g/mol. The van der Waals surface area contributed by atoms with Gasteiger partial charge < -0.3 is 5.32 Å². The summed E-state index contributed by atoms with van der Waals surface area (Å²) in [6.45, 7) is 5.02. The van der Waals surface area contributed by atoms with Crippen molar-refractivity contribution in [3.8, 4) is 0 Å². The Hall–Kier alpha value is -0.130. The van der Waals surface area contributed by atoms with Crippen LogP contribution in [-0.4, -0.2) is 44.2 Å². The van der Waals surface area contributed by atoms with Crippen molar-refractivity contribution in [2.75, 3.05) is 19.3 Å². The van der Waals surface area contributed by atoms with Crippen LogP contribution >= 0.6 is 0 Å². The molecule has 0 aromatic rings. The van der Waals surface area contributed by atoms with E-state index in [9.17, 15) is 8.42 Å². The zero-order chi connectivity index (χ0) is 12.9. The van der Waals surface area contributed by atoms with E-state index in [0.717, 1.165) is 32.2 Å². The normalized spacial score (nSPS) is 26.4. The van der Waals surface area contributed by atoms with Gasteiger partial charge in [-0.2, -0.15) is 0 Å². The predicted molar refractivity (Wildman–Crippen MR) is 71.6 cm³/mol. The van der Waals surface area contributed by atoms with Gasteiger partial charge in [-0.15, -0.1) is 0 Å². The highest BCUT2D eigenvalue weighted by Crippen LogP contribution is 2.24. The second-order valence-electron chi connectivity index (χ2n) is 4.90. The van der Waals surface area contributed by atoms with Gasteiger partial charge in [0, 0.05) is 19.1 Å². The molecule has 0 amide bonds. The lowest BCUT2D eigenvalue weighted by Crippen LogP contribution is -2.43. The van der Waals surface area contributed by atoms with E-state index in [1.165, 1.54) is 0 Å². The van der Waals surface area contributed by atoms with Gasteiger partial charge in [0.1, 0.15) is 0 Å². The molecule has 1 N–H and O–H groups in total. The number of hydrogen-bond donors (Lipinski definition) is 1. The van der Waals surface area contributed by atoms with Crippen LogP contribution in [0.25, 0.3) is 0 Å². The second-order valence-corrected chi connectivity index (χ2v) is 7.04. The van der Waals surface area contributed by atoms with E-state index < -0.39 is 10.0 Å². The molecule has 0 spiro atoms. The fourth-order valence-corrected chi connectivity index (χ4v) is 4.03. The Morgan fingerprint density at radius 1 is 1.18 bits per heavy atom. The largest absolute Gasteiger partial charge is 0.314 e. The minimum Gasteiger partial charge on any atom is -0.314 e. The lowest BCUT2D eigenvalue weighted by atomic mass is 9.91. The summed E-state index contributed by atoms with van der Waals surface area (Å²) in [7, 11) is -1.29. The molecule has 1 saturated carbocycles. The molecule has 5 heteroatoms. The summed E-state index contributed by atoms with van der Waals surface area (Å²) in [5.74, 6) is 0.274. The first-order chi connectivity index (χ1) is 8.01. The van der Waals surface area contributed by atoms with Gasteiger partial charge in [0.05, 0.1) is 5.75 Å². The van der Waals surface area contributed by atoms with E-state index in [1.807, 2.05) is 6.92 Å². The minimum atomic E-state index is -3.03. The molecule has 0 bridgehead atoms. The predicted octanol–water partition coefficient (Wildman–Crippen LogP) is 1.58. The summed E-state index contributed by atoms with van der Waals surface area (Å²) in [6, 6.07) is 0.792. The van der Waals surface area contributed by atoms with Crippen LogP contribution in [0.15, 0.2) is 0 Å². The van der Waals surface area contributed by atoms with Crippen molar-refractivity contribution in [2.24, 2.45) is 0 Å². The Labute approximate surface area is 106 Å². The molecule has 17 heavy (non-hydrogen) atoms. The van der Waals surface area contributed by atoms with Crippen molar-refractivity contribution in [2.45, 2.75) is 58.0 Å². The summed E-state index contributed by atoms with van der Waals surface area (Å²) in [5.41, 5.74) is 0. The molecule has 4 nitrogen and oxygen atoms in total. The van der Waals surface area contributed by atoms with Crippen molar-refractivity contribution in [1.29, 1.82) is 0 Å². The molecule has 0 unspecified atom stereocenters. The average Bonchev–Trinajstić information content (AvgIpc) is 2.29. The maximum Gasteiger partial charge on any atom is 0.214 e. The third-order valence-corrected chi connectivity index (χ3v) is 5.70. The third-order valence-electron chi connectivity index (χ3n) is 3.60. The standard InChI is InChI=1S/C12H26N2O2S/c1-4-10-17(15,16)14(3)12-8-6-11(7-9-12)13-5-2/h11-13H,4-10H2,1-3H3. The Morgan fingerprint density at radius 2 is 1.76 bits per heavy atom. The summed E-state index contributed by atoms with van der Waals surface area (Å²) < 4.78 is 25.5. The molecule has 102 valence electrons. The first-order valence-electron chi connectivity index (χ1n) is 6.70. The third kappa shape index (κ3) is 4.23. The van der Waals surface area contributed by atoms with Gasteiger partial charge >= 0.3 is 0 Å². The molecule has 1 fully saturated rings. The van der Waals surface area contributed by atoms with Gasteiger partial charge in [-0.1, -0.05) is 13.8 Å². The van der Waals surface area contributed by atoms with Gasteiger partial charge in [-0.25, -0.2) is 12.7 Å². The molecule has 1 aliphatic rings. The molecule has 0 heterocycles. The van der Waals surface area contributed by atoms with E-state index in [2.05, 4.69) is 12.2 Å². The molecule has 0 aliphatic heterocycles. The molecule has 0 atom stereocenters. The molecule has 0 saturated heterocycles. The highest BCUT2D eigenvalue weighted by atomic mass is 32.2. The van der Waals surface area contributed by atoms with Crippen LogP contribution in [-0.2, 0) is 10.0 Å². The zero-order valence-corrected chi connectivity index (χ0v) is 12.1. The fourth-order valence-electron chi connectivity index (χ4n) is 2.56. The highest BCUT2D eigenvalue weighted by molar-refractivity contribution is 7.89. The topological polar surface area (TPSA) is 49.4 Å². The van der Waals surface area contributed by atoms with Gasteiger partial charge in [-0.3, -0.25) is 0 Å². The number of sulfonamides is 1. The summed E-state index contributed by atoms with van der Waals surface area (Å²) >= 11 is 0. The Morgan fingerprint density at radius 3 is 2.24 bits per heavy atom. The maximum atomic E-state index is 11.9. The summed E-state index contributed by atoms with van der Waals surface area (Å²) in [4.78, 5) is 0. The van der Waals surface area contributed by atoms with Crippen LogP contribution in [0.4, 0.5) is 0 Å². The van der Waals surface area contributed by atoms with E-state index >= 15 is 0 Å². The molecule has 1 aliphatic carbocycles. The fraction of sp³-hybridized carbons (Fsp3) is 1.00. The zero-order valence-electron chi connectivity index (χ0n) is 11.3. The van der Waals surface area contributed by atoms with Gasteiger partial charge in [-0.05, 0) is 38.6 Å². The van der Waals surface area contributed by atoms with Crippen molar-refractivity contribution >= 4 is 10.0 Å². The molecule has 0 aromatic heterocycles. The van der Waals surface area contributed by atoms with Crippen molar-refractivity contribution in [3.63, 3.8) is 0 Å². The molecule has 1 rings (SSSR count). The molecule has 0 aromatic carbocycles. The molecule has 0 radical (unpaired) electrons. The first kappa shape index (κ1) is 14.9. The lowest BCUT2D eigenvalue weighted by molar-refractivity contribution is 0.251. The van der Waals surface area contributed by atoms with Gasteiger partial charge in [0.25, 0.3) is 0 Å². The Bertz CT molecular complexity index is 308. The van der Waals surface area contributed by atoms with E-state index in [1.54, 1.807) is 11.4 Å². The highest BCUT2D eigenvalue weighted by Gasteiger charge is 2.29. The van der Waals surface area contributed by atoms with Gasteiger partial charge in [0.15, 0.2) is 0 Å². The lowest BCUT2D eigenvalue weighted by Gasteiger charge is -2.34. The van der Waals surface area contributed by atoms with Crippen molar-refractivity contribution in [1.82, 2.24) is 9.62 Å². The maximum absolute atomic E-state index is 11.9. The van der Waals surface area contributed by atoms with Crippen LogP contribution in [0.5, 0.6) is 0 Å². The molecular weight excluding hydrogens is 236 g/mol. The van der Waals surface area contributed by atoms with E-state index in [4.69, 9.17) is 0 Å². The number of rotatable bonds is 6. The Balaban J connectivity index is 2.48. The van der Waals surface area contributed by atoms with Crippen LogP contribution in [0.3, 0.4) is 0 Å². The quantitative estimate of drug-likeness (QED) is 0.790. The van der Waals surface area contributed by atoms with Crippen LogP contribution < -0.4 is 5.32 Å². The summed E-state index contributed by atoms with van der Waals surface area (Å²) in [6.07, 6.45) is 4.84. The smallest absolute Gasteiger partial charge is 0.214 e. The first-order valence-corrected chi connectivity index (χ1v) is 8.31. The van der Waals surface area contributed by atoms with Gasteiger partial charge in [0.2, 0.25) is 10.0 Å². The minimum absolute atomic E-state index is 0.210. The van der Waals surface area contributed by atoms with Crippen LogP contribution in [0, 0.1) is 0 Å². The SMILES string of the molecule is CCCS(=O)(=O)N(C)C1CCC(NCC)CC1. The number of nitrogens with zero attached hydrogens (tertiary/aromatic N) is 1. The second kappa shape index (κ2) is 6.71. The number of hydrogen-bond acceptors (Lipinski definition) is 3. The Kier molecular flexibility index (Phi) is 5.89. The monoisotopic (exact) mass is 262 g/mol. The number of nitrogens with one attached hydrogen (secondary N) is 1. The summed E-state index contributed by atoms with van der Waals surface area (Å²) in [5, 5.41) is 3.44. The van der Waals surface area contributed by atoms with Crippen molar-refractivity contribution in [3.05, 3.63) is 0 Å². The molecular formula is C12H26N2O2S. The van der Waals surface area contributed by atoms with Crippen LogP contribution in [0.1, 0.15) is 46.0 Å². The van der Waals surface area contributed by atoms with Crippen LogP contribution in [0.2, 0.25) is 0 Å².